The third-order valence-corrected chi connectivity index (χ3v) is 7.59. The molecule has 0 aliphatic carbocycles. The Hall–Kier alpha value is -5.00. The van der Waals surface area contributed by atoms with Crippen LogP contribution in [0.5, 0.6) is 0 Å². The van der Waals surface area contributed by atoms with E-state index in [1.54, 1.807) is 44.6 Å². The Morgan fingerprint density at radius 2 is 1.93 bits per heavy atom. The van der Waals surface area contributed by atoms with Gasteiger partial charge in [-0.25, -0.2) is 4.98 Å². The number of hydrogen-bond donors (Lipinski definition) is 1. The second kappa shape index (κ2) is 10.5. The second-order valence-electron chi connectivity index (χ2n) is 10.2. The molecule has 12 nitrogen and oxygen atoms in total. The lowest BCUT2D eigenvalue weighted by molar-refractivity contribution is -0.129. The van der Waals surface area contributed by atoms with Crippen molar-refractivity contribution in [1.29, 1.82) is 0 Å². The number of nitrogens with zero attached hydrogens (tertiary/aromatic N) is 8. The average molecular weight is 554 g/mol. The van der Waals surface area contributed by atoms with E-state index < -0.39 is 0 Å². The molecule has 3 aromatic heterocycles. The van der Waals surface area contributed by atoms with Crippen LogP contribution in [0.25, 0.3) is 16.7 Å². The highest BCUT2D eigenvalue weighted by atomic mass is 16.2. The topological polar surface area (TPSA) is 121 Å². The van der Waals surface area contributed by atoms with E-state index in [0.29, 0.717) is 67.6 Å². The van der Waals surface area contributed by atoms with Crippen LogP contribution >= 0.6 is 0 Å². The van der Waals surface area contributed by atoms with Gasteiger partial charge in [0.1, 0.15) is 5.69 Å². The largest absolute Gasteiger partial charge is 0.354 e. The maximum absolute atomic E-state index is 14.3. The van der Waals surface area contributed by atoms with Crippen LogP contribution in [0.3, 0.4) is 0 Å². The van der Waals surface area contributed by atoms with Crippen molar-refractivity contribution in [3.63, 3.8) is 0 Å². The average Bonchev–Trinajstić information content (AvgIpc) is 3.43. The third-order valence-electron chi connectivity index (χ3n) is 7.59. The number of anilines is 4. The number of amides is 2. The minimum atomic E-state index is -0.268. The lowest BCUT2D eigenvalue weighted by Crippen LogP contribution is -2.43. The van der Waals surface area contributed by atoms with E-state index >= 15 is 0 Å². The first-order valence-corrected chi connectivity index (χ1v) is 13.6. The monoisotopic (exact) mass is 553 g/mol. The molecule has 0 radical (unpaired) electrons. The Morgan fingerprint density at radius 3 is 2.73 bits per heavy atom. The van der Waals surface area contributed by atoms with Crippen molar-refractivity contribution in [2.24, 2.45) is 0 Å². The van der Waals surface area contributed by atoms with Gasteiger partial charge in [-0.15, -0.1) is 0 Å². The number of para-hydroxylation sites is 1. The molecule has 1 aromatic carbocycles. The second-order valence-corrected chi connectivity index (χ2v) is 10.2. The van der Waals surface area contributed by atoms with E-state index in [0.717, 1.165) is 23.4 Å². The number of hydrogen-bond acceptors (Lipinski definition) is 8. The maximum atomic E-state index is 14.3. The Morgan fingerprint density at radius 1 is 1.07 bits per heavy atom. The molecule has 0 saturated heterocycles. The van der Waals surface area contributed by atoms with Crippen molar-refractivity contribution in [3.8, 4) is 5.69 Å². The number of pyridine rings is 1. The number of aromatic nitrogens is 5. The predicted octanol–water partition coefficient (Wildman–Crippen LogP) is 2.62. The van der Waals surface area contributed by atoms with Gasteiger partial charge < -0.3 is 20.0 Å². The van der Waals surface area contributed by atoms with Crippen LogP contribution in [0.2, 0.25) is 0 Å². The zero-order chi connectivity index (χ0) is 28.7. The maximum Gasteiger partial charge on any atom is 0.280 e. The summed E-state index contributed by atoms with van der Waals surface area (Å²) in [6.07, 6.45) is 7.16. The van der Waals surface area contributed by atoms with Gasteiger partial charge in [0.25, 0.3) is 11.5 Å². The Bertz CT molecular complexity index is 1740. The van der Waals surface area contributed by atoms with Crippen LogP contribution in [0.1, 0.15) is 18.9 Å². The van der Waals surface area contributed by atoms with Crippen LogP contribution in [-0.4, -0.2) is 73.8 Å². The van der Waals surface area contributed by atoms with Gasteiger partial charge in [-0.05, 0) is 37.1 Å². The molecule has 0 fully saturated rings. The summed E-state index contributed by atoms with van der Waals surface area (Å²) in [7, 11) is 0. The van der Waals surface area contributed by atoms with Crippen molar-refractivity contribution in [2.45, 2.75) is 26.8 Å². The minimum Gasteiger partial charge on any atom is -0.354 e. The van der Waals surface area contributed by atoms with Gasteiger partial charge in [0.05, 0.1) is 29.8 Å². The first-order valence-electron chi connectivity index (χ1n) is 13.6. The highest BCUT2D eigenvalue weighted by Gasteiger charge is 2.30. The third kappa shape index (κ3) is 4.71. The summed E-state index contributed by atoms with van der Waals surface area (Å²) in [4.78, 5) is 53.9. The molecule has 41 heavy (non-hydrogen) atoms. The van der Waals surface area contributed by atoms with E-state index in [9.17, 15) is 14.4 Å². The number of nitrogens with one attached hydrogen (secondary N) is 1. The lowest BCUT2D eigenvalue weighted by atomic mass is 10.1. The van der Waals surface area contributed by atoms with Crippen LogP contribution in [0.4, 0.5) is 23.0 Å². The molecule has 5 heterocycles. The molecule has 1 N–H and O–H groups in total. The van der Waals surface area contributed by atoms with Gasteiger partial charge in [0.15, 0.2) is 5.65 Å². The van der Waals surface area contributed by atoms with Gasteiger partial charge >= 0.3 is 0 Å². The summed E-state index contributed by atoms with van der Waals surface area (Å²) < 4.78 is 3.30. The van der Waals surface area contributed by atoms with Gasteiger partial charge in [-0.3, -0.25) is 23.6 Å². The van der Waals surface area contributed by atoms with Crippen LogP contribution in [-0.2, 0) is 16.1 Å². The highest BCUT2D eigenvalue weighted by Crippen LogP contribution is 2.39. The fourth-order valence-corrected chi connectivity index (χ4v) is 5.54. The first kappa shape index (κ1) is 26.2. The molecule has 210 valence electrons. The molecule has 0 saturated carbocycles. The van der Waals surface area contributed by atoms with Crippen LogP contribution in [0, 0.1) is 6.92 Å². The minimum absolute atomic E-state index is 0.00115. The highest BCUT2D eigenvalue weighted by molar-refractivity contribution is 6.05. The normalized spacial score (nSPS) is 15.3. The summed E-state index contributed by atoms with van der Waals surface area (Å²) in [5.41, 5.74) is 3.63. The number of benzene rings is 1. The molecule has 0 spiro atoms. The Kier molecular flexibility index (Phi) is 6.73. The summed E-state index contributed by atoms with van der Waals surface area (Å²) in [5.74, 6) is 0.210. The van der Waals surface area contributed by atoms with Gasteiger partial charge in [0, 0.05) is 57.4 Å². The zero-order valence-corrected chi connectivity index (χ0v) is 23.1. The molecule has 2 aliphatic heterocycles. The van der Waals surface area contributed by atoms with Gasteiger partial charge in [0.2, 0.25) is 11.9 Å². The molecule has 2 amide bonds. The van der Waals surface area contributed by atoms with Crippen LogP contribution in [0.15, 0.2) is 60.3 Å². The molecular weight excluding hydrogens is 522 g/mol. The van der Waals surface area contributed by atoms with Crippen molar-refractivity contribution in [3.05, 3.63) is 71.4 Å². The molecule has 0 unspecified atom stereocenters. The zero-order valence-electron chi connectivity index (χ0n) is 23.1. The summed E-state index contributed by atoms with van der Waals surface area (Å²) in [5, 5.41) is 8.41. The summed E-state index contributed by atoms with van der Waals surface area (Å²) in [6.45, 7) is 10.2. The quantitative estimate of drug-likeness (QED) is 0.376. The van der Waals surface area contributed by atoms with E-state index in [1.807, 2.05) is 36.1 Å². The van der Waals surface area contributed by atoms with E-state index in [1.165, 1.54) is 6.08 Å². The van der Waals surface area contributed by atoms with E-state index in [2.05, 4.69) is 22.0 Å². The molecule has 4 bridgehead atoms. The summed E-state index contributed by atoms with van der Waals surface area (Å²) >= 11 is 0. The fraction of sp³-hybridized carbons (Fsp3) is 0.310. The van der Waals surface area contributed by atoms with Crippen molar-refractivity contribution in [1.82, 2.24) is 29.2 Å². The van der Waals surface area contributed by atoms with Crippen LogP contribution < -0.4 is 20.7 Å². The summed E-state index contributed by atoms with van der Waals surface area (Å²) in [6, 6.07) is 7.60. The first-order chi connectivity index (χ1) is 19.9. The number of carbonyl (C=O) groups excluding carboxylic acids is 2. The standard InChI is InChI=1S/C29H31N9O3/c1-4-25(40)37-14-13-36(23-8-5-7-19(2)26(23)37)24-15-21-16-31-29-30-9-6-10-34(20(3)39)11-12-35-18-22(17-32-35)38(28(24)41)27(21)33-29/h4-5,7-8,15-18H,1,6,9-14H2,2-3H3,(H,30,31,33). The van der Waals surface area contributed by atoms with Gasteiger partial charge in [-0.2, -0.15) is 10.1 Å². The Labute approximate surface area is 236 Å². The number of carbonyl (C=O) groups is 2. The number of rotatable bonds is 2. The lowest BCUT2D eigenvalue weighted by Gasteiger charge is -2.38. The van der Waals surface area contributed by atoms with Crippen molar-refractivity contribution in [2.75, 3.05) is 47.8 Å². The predicted molar refractivity (Wildman–Crippen MR) is 157 cm³/mol. The Balaban J connectivity index is 1.52. The number of aryl methyl sites for hydroxylation is 1. The molecule has 12 heteroatoms. The number of fused-ring (bicyclic) bond motifs is 5. The molecular formula is C29H31N9O3. The molecule has 4 aromatic rings. The fourth-order valence-electron chi connectivity index (χ4n) is 5.54. The molecule has 0 atom stereocenters. The SMILES string of the molecule is C=CC(=O)N1CCN(c2cc3cnc4nc3n(c2=O)-c2cnn(c2)CCN(C(C)=O)CCCN4)c2cccc(C)c21. The van der Waals surface area contributed by atoms with E-state index in [4.69, 9.17) is 4.98 Å². The smallest absolute Gasteiger partial charge is 0.280 e. The van der Waals surface area contributed by atoms with Gasteiger partial charge in [-0.1, -0.05) is 18.7 Å². The molecule has 6 rings (SSSR count). The van der Waals surface area contributed by atoms with Crippen molar-refractivity contribution >= 4 is 45.9 Å². The molecule has 2 aliphatic rings. The van der Waals surface area contributed by atoms with E-state index in [-0.39, 0.29) is 17.4 Å². The van der Waals surface area contributed by atoms with Crippen molar-refractivity contribution < 1.29 is 9.59 Å².